The molecule has 0 atom stereocenters. The number of nitrogens with zero attached hydrogens (tertiary/aromatic N) is 3. The lowest BCUT2D eigenvalue weighted by molar-refractivity contribution is -0.122. The third-order valence-electron chi connectivity index (χ3n) is 5.46. The summed E-state index contributed by atoms with van der Waals surface area (Å²) in [5, 5.41) is 0. The van der Waals surface area contributed by atoms with Crippen LogP contribution in [0, 0.1) is 11.7 Å². The van der Waals surface area contributed by atoms with Gasteiger partial charge in [-0.1, -0.05) is 22.9 Å². The summed E-state index contributed by atoms with van der Waals surface area (Å²) < 4.78 is 49.3. The minimum Gasteiger partial charge on any atom is -0.380 e. The average Bonchev–Trinajstić information content (AvgIpc) is 3.37. The van der Waals surface area contributed by atoms with Crippen molar-refractivity contribution in [1.82, 2.24) is 8.87 Å². The molecule has 1 fully saturated rings. The second-order valence-corrected chi connectivity index (χ2v) is 12.4. The van der Waals surface area contributed by atoms with E-state index in [1.165, 1.54) is 33.8 Å². The quantitative estimate of drug-likeness (QED) is 0.429. The van der Waals surface area contributed by atoms with Crippen molar-refractivity contribution in [3.8, 4) is 0 Å². The van der Waals surface area contributed by atoms with Crippen molar-refractivity contribution >= 4 is 60.4 Å². The number of piperidine rings is 1. The van der Waals surface area contributed by atoms with Crippen molar-refractivity contribution in [2.45, 2.75) is 30.5 Å². The monoisotopic (exact) mass is 531 g/mol. The van der Waals surface area contributed by atoms with Crippen LogP contribution in [-0.4, -0.2) is 49.5 Å². The lowest BCUT2D eigenvalue weighted by Gasteiger charge is -2.29. The van der Waals surface area contributed by atoms with Gasteiger partial charge in [-0.3, -0.25) is 4.79 Å². The van der Waals surface area contributed by atoms with Crippen molar-refractivity contribution in [3.63, 3.8) is 0 Å². The Morgan fingerprint density at radius 3 is 2.67 bits per heavy atom. The molecule has 0 unspecified atom stereocenters. The van der Waals surface area contributed by atoms with E-state index < -0.39 is 10.0 Å². The Morgan fingerprint density at radius 2 is 2.00 bits per heavy atom. The van der Waals surface area contributed by atoms with Crippen molar-refractivity contribution in [3.05, 3.63) is 45.3 Å². The first-order chi connectivity index (χ1) is 15.8. The second kappa shape index (κ2) is 10.3. The molecular formula is C21H23ClFN3O4S3. The highest BCUT2D eigenvalue weighted by Crippen LogP contribution is 2.31. The molecule has 1 saturated heterocycles. The molecule has 1 aliphatic rings. The summed E-state index contributed by atoms with van der Waals surface area (Å²) in [6.07, 6.45) is 0.776. The largest absolute Gasteiger partial charge is 0.380 e. The van der Waals surface area contributed by atoms with Gasteiger partial charge in [-0.15, -0.1) is 11.3 Å². The minimum absolute atomic E-state index is 0.204. The standard InChI is InChI=1S/C21H23ClFN3O4S3/c1-2-30-12-11-26-16-4-3-15(23)13-17(16)31-21(26)24-20(27)14-7-9-25(10-8-14)33(28,29)19-6-5-18(22)32-19/h3-6,13-14H,2,7-12H2,1H3. The highest BCUT2D eigenvalue weighted by molar-refractivity contribution is 7.91. The van der Waals surface area contributed by atoms with Crippen molar-refractivity contribution in [2.75, 3.05) is 26.3 Å². The summed E-state index contributed by atoms with van der Waals surface area (Å²) in [5.41, 5.74) is 0.795. The Morgan fingerprint density at radius 1 is 1.24 bits per heavy atom. The van der Waals surface area contributed by atoms with Gasteiger partial charge in [0, 0.05) is 32.2 Å². The molecule has 3 heterocycles. The van der Waals surface area contributed by atoms with Crippen molar-refractivity contribution in [2.24, 2.45) is 10.9 Å². The van der Waals surface area contributed by atoms with Crippen LogP contribution >= 0.6 is 34.3 Å². The van der Waals surface area contributed by atoms with E-state index in [0.29, 0.717) is 46.4 Å². The van der Waals surface area contributed by atoms with Gasteiger partial charge in [0.05, 0.1) is 21.2 Å². The first-order valence-electron chi connectivity index (χ1n) is 10.5. The van der Waals surface area contributed by atoms with Gasteiger partial charge in [0.2, 0.25) is 0 Å². The molecule has 178 valence electrons. The van der Waals surface area contributed by atoms with E-state index in [9.17, 15) is 17.6 Å². The van der Waals surface area contributed by atoms with Crippen LogP contribution in [0.3, 0.4) is 0 Å². The lowest BCUT2D eigenvalue weighted by Crippen LogP contribution is -2.40. The van der Waals surface area contributed by atoms with Gasteiger partial charge in [0.15, 0.2) is 4.80 Å². The Hall–Kier alpha value is -1.63. The van der Waals surface area contributed by atoms with Crippen LogP contribution in [0.25, 0.3) is 10.2 Å². The van der Waals surface area contributed by atoms with Gasteiger partial charge >= 0.3 is 0 Å². The zero-order chi connectivity index (χ0) is 23.6. The fourth-order valence-corrected chi connectivity index (χ4v) is 7.93. The second-order valence-electron chi connectivity index (χ2n) is 7.53. The molecule has 33 heavy (non-hydrogen) atoms. The molecule has 0 N–H and O–H groups in total. The summed E-state index contributed by atoms with van der Waals surface area (Å²) in [4.78, 5) is 17.8. The summed E-state index contributed by atoms with van der Waals surface area (Å²) in [5.74, 6) is -1.01. The molecule has 7 nitrogen and oxygen atoms in total. The van der Waals surface area contributed by atoms with Crippen molar-refractivity contribution < 1.29 is 22.3 Å². The number of thiophene rings is 1. The maximum atomic E-state index is 13.7. The van der Waals surface area contributed by atoms with Crippen LogP contribution in [0.1, 0.15) is 19.8 Å². The predicted molar refractivity (Wildman–Crippen MR) is 128 cm³/mol. The molecule has 0 aliphatic carbocycles. The average molecular weight is 532 g/mol. The number of carbonyl (C=O) groups is 1. The Labute approximate surface area is 204 Å². The molecule has 0 spiro atoms. The number of hydrogen-bond donors (Lipinski definition) is 0. The number of aromatic nitrogens is 1. The van der Waals surface area contributed by atoms with Crippen LogP contribution in [0.15, 0.2) is 39.5 Å². The van der Waals surface area contributed by atoms with Crippen LogP contribution in [0.2, 0.25) is 4.34 Å². The zero-order valence-corrected chi connectivity index (χ0v) is 21.1. The Balaban J connectivity index is 1.52. The highest BCUT2D eigenvalue weighted by Gasteiger charge is 2.33. The molecule has 2 aromatic heterocycles. The summed E-state index contributed by atoms with van der Waals surface area (Å²) in [6, 6.07) is 7.55. The smallest absolute Gasteiger partial charge is 0.252 e. The van der Waals surface area contributed by atoms with Gasteiger partial charge in [-0.05, 0) is 50.1 Å². The molecular weight excluding hydrogens is 509 g/mol. The Bertz CT molecular complexity index is 1320. The third-order valence-corrected chi connectivity index (χ3v) is 10.1. The number of carbonyl (C=O) groups excluding carboxylic acids is 1. The van der Waals surface area contributed by atoms with Gasteiger partial charge in [-0.25, -0.2) is 12.8 Å². The molecule has 4 rings (SSSR count). The van der Waals surface area contributed by atoms with Crippen LogP contribution in [0.5, 0.6) is 0 Å². The van der Waals surface area contributed by atoms with E-state index in [4.69, 9.17) is 16.3 Å². The van der Waals surface area contributed by atoms with Crippen LogP contribution < -0.4 is 4.80 Å². The molecule has 1 aromatic carbocycles. The number of amides is 1. The van der Waals surface area contributed by atoms with E-state index in [1.54, 1.807) is 12.1 Å². The van der Waals surface area contributed by atoms with Gasteiger partial charge in [0.1, 0.15) is 10.0 Å². The molecule has 0 bridgehead atoms. The van der Waals surface area contributed by atoms with E-state index in [1.807, 2.05) is 11.5 Å². The maximum absolute atomic E-state index is 13.7. The molecule has 0 saturated carbocycles. The number of fused-ring (bicyclic) bond motifs is 1. The fraction of sp³-hybridized carbons (Fsp3) is 0.429. The number of benzene rings is 1. The number of rotatable bonds is 7. The first-order valence-corrected chi connectivity index (χ1v) is 14.0. The first kappa shape index (κ1) is 24.5. The van der Waals surface area contributed by atoms with E-state index in [0.717, 1.165) is 16.9 Å². The summed E-state index contributed by atoms with van der Waals surface area (Å²) >= 11 is 8.16. The van der Waals surface area contributed by atoms with E-state index in [-0.39, 0.29) is 34.9 Å². The highest BCUT2D eigenvalue weighted by atomic mass is 35.5. The molecule has 1 aliphatic heterocycles. The number of ether oxygens (including phenoxy) is 1. The van der Waals surface area contributed by atoms with Gasteiger partial charge in [-0.2, -0.15) is 9.30 Å². The van der Waals surface area contributed by atoms with Gasteiger partial charge in [0.25, 0.3) is 15.9 Å². The number of halogens is 2. The maximum Gasteiger partial charge on any atom is 0.252 e. The van der Waals surface area contributed by atoms with E-state index in [2.05, 4.69) is 4.99 Å². The molecule has 3 aromatic rings. The molecule has 1 amide bonds. The topological polar surface area (TPSA) is 81.0 Å². The van der Waals surface area contributed by atoms with Crippen LogP contribution in [0.4, 0.5) is 4.39 Å². The normalized spacial score (nSPS) is 16.6. The summed E-state index contributed by atoms with van der Waals surface area (Å²) in [7, 11) is -3.62. The molecule has 0 radical (unpaired) electrons. The number of thiazole rings is 1. The van der Waals surface area contributed by atoms with Gasteiger partial charge < -0.3 is 9.30 Å². The number of hydrogen-bond acceptors (Lipinski definition) is 6. The Kier molecular flexibility index (Phi) is 7.66. The van der Waals surface area contributed by atoms with Crippen molar-refractivity contribution in [1.29, 1.82) is 0 Å². The lowest BCUT2D eigenvalue weighted by atomic mass is 9.98. The third kappa shape index (κ3) is 5.39. The SMILES string of the molecule is CCOCCn1c(=NC(=O)C2CCN(S(=O)(=O)c3ccc(Cl)s3)CC2)sc2cc(F)ccc21. The minimum atomic E-state index is -3.62. The predicted octanol–water partition coefficient (Wildman–Crippen LogP) is 4.12. The summed E-state index contributed by atoms with van der Waals surface area (Å²) in [6.45, 7) is 3.90. The van der Waals surface area contributed by atoms with E-state index >= 15 is 0 Å². The molecule has 12 heteroatoms. The van der Waals surface area contributed by atoms with Crippen LogP contribution in [-0.2, 0) is 26.1 Å². The number of sulfonamides is 1. The zero-order valence-electron chi connectivity index (χ0n) is 17.9. The fourth-order valence-electron chi connectivity index (χ4n) is 3.74.